The van der Waals surface area contributed by atoms with Crippen LogP contribution in [-0.2, 0) is 0 Å². The standard InChI is InChI=1S/C14H26Si2/c1-13(2,3)15-11-7-9-12(10-8-11)16-14(4,5)6/h7-10H,15-16H2,1-6H3. The average molecular weight is 251 g/mol. The minimum absolute atomic E-state index is 0.115. The van der Waals surface area contributed by atoms with Crippen molar-refractivity contribution in [1.29, 1.82) is 0 Å². The molecule has 0 spiro atoms. The molecular weight excluding hydrogens is 224 g/mol. The second-order valence-corrected chi connectivity index (χ2v) is 13.9. The van der Waals surface area contributed by atoms with Gasteiger partial charge in [-0.1, -0.05) is 76.2 Å². The highest BCUT2D eigenvalue weighted by Crippen LogP contribution is 2.20. The first-order valence-electron chi connectivity index (χ1n) is 6.24. The van der Waals surface area contributed by atoms with Gasteiger partial charge in [0.1, 0.15) is 0 Å². The molecular formula is C14H26Si2. The molecule has 0 aliphatic rings. The van der Waals surface area contributed by atoms with E-state index in [1.54, 1.807) is 10.4 Å². The molecule has 90 valence electrons. The Labute approximate surface area is 105 Å². The van der Waals surface area contributed by atoms with Gasteiger partial charge in [-0.2, -0.15) is 0 Å². The smallest absolute Gasteiger partial charge is 0.0601 e. The summed E-state index contributed by atoms with van der Waals surface area (Å²) < 4.78 is 0. The molecule has 0 saturated heterocycles. The molecule has 1 aromatic carbocycles. The Morgan fingerprint density at radius 2 is 0.875 bits per heavy atom. The Bertz CT molecular complexity index is 290. The summed E-state index contributed by atoms with van der Waals surface area (Å²) in [5.74, 6) is 0. The molecule has 0 N–H and O–H groups in total. The molecule has 0 bridgehead atoms. The molecule has 0 aliphatic carbocycles. The first-order valence-corrected chi connectivity index (χ1v) is 9.06. The number of hydrogen-bond donors (Lipinski definition) is 0. The fraction of sp³-hybridized carbons (Fsp3) is 0.571. The van der Waals surface area contributed by atoms with Crippen LogP contribution in [0.25, 0.3) is 0 Å². The predicted molar refractivity (Wildman–Crippen MR) is 82.2 cm³/mol. The van der Waals surface area contributed by atoms with E-state index in [-0.39, 0.29) is 19.0 Å². The van der Waals surface area contributed by atoms with Crippen LogP contribution in [0.2, 0.25) is 10.1 Å². The number of benzene rings is 1. The van der Waals surface area contributed by atoms with Crippen LogP contribution in [0.15, 0.2) is 24.3 Å². The Kier molecular flexibility index (Phi) is 4.19. The molecule has 0 heterocycles. The van der Waals surface area contributed by atoms with E-state index in [9.17, 15) is 0 Å². The average Bonchev–Trinajstić information content (AvgIpc) is 2.03. The van der Waals surface area contributed by atoms with Crippen molar-refractivity contribution in [2.24, 2.45) is 0 Å². The third-order valence-electron chi connectivity index (χ3n) is 2.49. The van der Waals surface area contributed by atoms with Crippen molar-refractivity contribution >= 4 is 29.4 Å². The van der Waals surface area contributed by atoms with E-state index in [1.165, 1.54) is 0 Å². The topological polar surface area (TPSA) is 0 Å². The molecule has 0 aromatic heterocycles. The molecule has 1 aromatic rings. The SMILES string of the molecule is CC(C)(C)[SiH2]c1ccc([SiH2]C(C)(C)C)cc1. The van der Waals surface area contributed by atoms with Gasteiger partial charge in [-0.05, 0) is 10.1 Å². The second-order valence-electron chi connectivity index (χ2n) is 7.29. The maximum Gasteiger partial charge on any atom is 0.0601 e. The van der Waals surface area contributed by atoms with Gasteiger partial charge in [-0.25, -0.2) is 0 Å². The van der Waals surface area contributed by atoms with Gasteiger partial charge in [0.05, 0.1) is 19.0 Å². The van der Waals surface area contributed by atoms with Crippen molar-refractivity contribution in [3.05, 3.63) is 24.3 Å². The fourth-order valence-corrected chi connectivity index (χ4v) is 5.39. The Balaban J connectivity index is 2.69. The zero-order chi connectivity index (χ0) is 12.4. The maximum absolute atomic E-state index is 2.38. The summed E-state index contributed by atoms with van der Waals surface area (Å²) in [5, 5.41) is 4.28. The van der Waals surface area contributed by atoms with E-state index >= 15 is 0 Å². The van der Waals surface area contributed by atoms with Crippen LogP contribution < -0.4 is 10.4 Å². The molecule has 0 amide bonds. The number of rotatable bonds is 2. The van der Waals surface area contributed by atoms with Crippen molar-refractivity contribution in [2.45, 2.75) is 51.6 Å². The van der Waals surface area contributed by atoms with Gasteiger partial charge in [0.25, 0.3) is 0 Å². The van der Waals surface area contributed by atoms with Crippen LogP contribution in [0.1, 0.15) is 41.5 Å². The van der Waals surface area contributed by atoms with Gasteiger partial charge < -0.3 is 0 Å². The normalized spacial score (nSPS) is 14.4. The summed E-state index contributed by atoms with van der Waals surface area (Å²) in [7, 11) is -0.231. The maximum atomic E-state index is 2.38. The summed E-state index contributed by atoms with van der Waals surface area (Å²) >= 11 is 0. The van der Waals surface area contributed by atoms with Crippen LogP contribution >= 0.6 is 0 Å². The van der Waals surface area contributed by atoms with Crippen molar-refractivity contribution in [3.8, 4) is 0 Å². The molecule has 1 rings (SSSR count). The monoisotopic (exact) mass is 250 g/mol. The van der Waals surface area contributed by atoms with Crippen LogP contribution in [-0.4, -0.2) is 19.0 Å². The summed E-state index contributed by atoms with van der Waals surface area (Å²) in [6.07, 6.45) is 0. The van der Waals surface area contributed by atoms with Gasteiger partial charge in [0.15, 0.2) is 0 Å². The highest BCUT2D eigenvalue weighted by atomic mass is 28.2. The summed E-state index contributed by atoms with van der Waals surface area (Å²) in [6.45, 7) is 14.1. The molecule has 0 atom stereocenters. The van der Waals surface area contributed by atoms with Gasteiger partial charge >= 0.3 is 0 Å². The lowest BCUT2D eigenvalue weighted by atomic mass is 10.2. The lowest BCUT2D eigenvalue weighted by Crippen LogP contribution is -2.28. The lowest BCUT2D eigenvalue weighted by molar-refractivity contribution is 0.758. The quantitative estimate of drug-likeness (QED) is 0.701. The lowest BCUT2D eigenvalue weighted by Gasteiger charge is -2.19. The van der Waals surface area contributed by atoms with E-state index in [4.69, 9.17) is 0 Å². The van der Waals surface area contributed by atoms with E-state index in [2.05, 4.69) is 65.8 Å². The molecule has 0 nitrogen and oxygen atoms in total. The Morgan fingerprint density at radius 3 is 1.06 bits per heavy atom. The molecule has 2 heteroatoms. The van der Waals surface area contributed by atoms with Crippen LogP contribution in [0.4, 0.5) is 0 Å². The first-order chi connectivity index (χ1) is 7.16. The predicted octanol–water partition coefficient (Wildman–Crippen LogP) is 1.71. The molecule has 0 fully saturated rings. The van der Waals surface area contributed by atoms with E-state index in [1.807, 2.05) is 0 Å². The number of hydrogen-bond acceptors (Lipinski definition) is 0. The molecule has 0 aliphatic heterocycles. The Morgan fingerprint density at radius 1 is 0.625 bits per heavy atom. The van der Waals surface area contributed by atoms with Gasteiger partial charge in [-0.15, -0.1) is 0 Å². The third-order valence-corrected chi connectivity index (χ3v) is 6.37. The molecule has 0 unspecified atom stereocenters. The van der Waals surface area contributed by atoms with Crippen molar-refractivity contribution in [1.82, 2.24) is 0 Å². The van der Waals surface area contributed by atoms with Gasteiger partial charge in [0, 0.05) is 0 Å². The summed E-state index contributed by atoms with van der Waals surface area (Å²) in [4.78, 5) is 0. The van der Waals surface area contributed by atoms with Crippen molar-refractivity contribution in [3.63, 3.8) is 0 Å². The van der Waals surface area contributed by atoms with E-state index in [0.29, 0.717) is 10.1 Å². The van der Waals surface area contributed by atoms with Gasteiger partial charge in [-0.3, -0.25) is 0 Å². The minimum Gasteiger partial charge on any atom is -0.0664 e. The zero-order valence-corrected chi connectivity index (χ0v) is 14.6. The van der Waals surface area contributed by atoms with Crippen LogP contribution in [0, 0.1) is 0 Å². The van der Waals surface area contributed by atoms with Crippen molar-refractivity contribution < 1.29 is 0 Å². The minimum atomic E-state index is -0.115. The zero-order valence-electron chi connectivity index (χ0n) is 11.7. The summed E-state index contributed by atoms with van der Waals surface area (Å²) in [6, 6.07) is 9.52. The highest BCUT2D eigenvalue weighted by Gasteiger charge is 2.14. The third kappa shape index (κ3) is 5.66. The summed E-state index contributed by atoms with van der Waals surface area (Å²) in [5.41, 5.74) is 0. The fourth-order valence-electron chi connectivity index (χ4n) is 2.00. The van der Waals surface area contributed by atoms with E-state index < -0.39 is 0 Å². The molecule has 0 saturated carbocycles. The van der Waals surface area contributed by atoms with Crippen molar-refractivity contribution in [2.75, 3.05) is 0 Å². The first kappa shape index (κ1) is 13.7. The van der Waals surface area contributed by atoms with E-state index in [0.717, 1.165) is 0 Å². The largest absolute Gasteiger partial charge is 0.0664 e. The molecule has 0 radical (unpaired) electrons. The van der Waals surface area contributed by atoms with Crippen LogP contribution in [0.5, 0.6) is 0 Å². The van der Waals surface area contributed by atoms with Crippen LogP contribution in [0.3, 0.4) is 0 Å². The Hall–Kier alpha value is -0.346. The van der Waals surface area contributed by atoms with Gasteiger partial charge in [0.2, 0.25) is 0 Å². The second kappa shape index (κ2) is 4.88. The highest BCUT2D eigenvalue weighted by molar-refractivity contribution is 6.58. The molecule has 16 heavy (non-hydrogen) atoms.